The molecule has 1 atom stereocenters. The van der Waals surface area contributed by atoms with E-state index in [-0.39, 0.29) is 24.5 Å². The second-order valence-corrected chi connectivity index (χ2v) is 5.91. The quantitative estimate of drug-likeness (QED) is 0.789. The molecule has 21 heavy (non-hydrogen) atoms. The van der Waals surface area contributed by atoms with Crippen LogP contribution < -0.4 is 5.32 Å². The van der Waals surface area contributed by atoms with Gasteiger partial charge < -0.3 is 19.9 Å². The minimum atomic E-state index is 0.0349. The van der Waals surface area contributed by atoms with Crippen molar-refractivity contribution in [3.63, 3.8) is 0 Å². The molecular formula is C15H27N3O3. The van der Waals surface area contributed by atoms with E-state index >= 15 is 0 Å². The standard InChI is InChI=1S/C15H27N3O3/c1-17(12-15(20)18-9-7-16-8-10-18)14(19)6-5-13-4-2-3-11-21-13/h13,16H,2-12H2,1H3. The number of nitrogens with zero attached hydrogens (tertiary/aromatic N) is 2. The summed E-state index contributed by atoms with van der Waals surface area (Å²) in [5.41, 5.74) is 0. The first-order valence-electron chi connectivity index (χ1n) is 8.01. The van der Waals surface area contributed by atoms with Crippen LogP contribution >= 0.6 is 0 Å². The smallest absolute Gasteiger partial charge is 0.242 e. The summed E-state index contributed by atoms with van der Waals surface area (Å²) in [7, 11) is 1.71. The summed E-state index contributed by atoms with van der Waals surface area (Å²) in [6.45, 7) is 4.14. The van der Waals surface area contributed by atoms with E-state index in [2.05, 4.69) is 5.32 Å². The maximum Gasteiger partial charge on any atom is 0.242 e. The molecule has 6 nitrogen and oxygen atoms in total. The molecule has 2 amide bonds. The van der Waals surface area contributed by atoms with E-state index in [1.165, 1.54) is 6.42 Å². The number of hydrogen-bond acceptors (Lipinski definition) is 4. The Morgan fingerprint density at radius 2 is 2.05 bits per heavy atom. The van der Waals surface area contributed by atoms with Gasteiger partial charge in [0.15, 0.2) is 0 Å². The van der Waals surface area contributed by atoms with Crippen molar-refractivity contribution in [2.24, 2.45) is 0 Å². The second-order valence-electron chi connectivity index (χ2n) is 5.91. The molecule has 0 saturated carbocycles. The SMILES string of the molecule is CN(CC(=O)N1CCNCC1)C(=O)CCC1CCCCO1. The predicted molar refractivity (Wildman–Crippen MR) is 79.9 cm³/mol. The first kappa shape index (κ1) is 16.2. The Hall–Kier alpha value is -1.14. The van der Waals surface area contributed by atoms with Gasteiger partial charge in [-0.05, 0) is 25.7 Å². The lowest BCUT2D eigenvalue weighted by molar-refractivity contribution is -0.140. The number of amides is 2. The van der Waals surface area contributed by atoms with Gasteiger partial charge in [-0.1, -0.05) is 0 Å². The third-order valence-electron chi connectivity index (χ3n) is 4.22. The van der Waals surface area contributed by atoms with Gasteiger partial charge in [-0.25, -0.2) is 0 Å². The third kappa shape index (κ3) is 5.28. The van der Waals surface area contributed by atoms with Gasteiger partial charge in [0, 0.05) is 46.3 Å². The van der Waals surface area contributed by atoms with Crippen LogP contribution in [-0.4, -0.2) is 74.1 Å². The third-order valence-corrected chi connectivity index (χ3v) is 4.22. The van der Waals surface area contributed by atoms with Gasteiger partial charge >= 0.3 is 0 Å². The minimum absolute atomic E-state index is 0.0349. The summed E-state index contributed by atoms with van der Waals surface area (Å²) in [6, 6.07) is 0. The van der Waals surface area contributed by atoms with Gasteiger partial charge in [-0.2, -0.15) is 0 Å². The van der Waals surface area contributed by atoms with Crippen LogP contribution in [0.5, 0.6) is 0 Å². The Bertz CT molecular complexity index is 350. The highest BCUT2D eigenvalue weighted by Gasteiger charge is 2.21. The Balaban J connectivity index is 1.67. The van der Waals surface area contributed by atoms with Crippen LogP contribution in [0.3, 0.4) is 0 Å². The molecule has 1 unspecified atom stereocenters. The first-order valence-corrected chi connectivity index (χ1v) is 8.01. The highest BCUT2D eigenvalue weighted by Crippen LogP contribution is 2.17. The Morgan fingerprint density at radius 3 is 2.71 bits per heavy atom. The van der Waals surface area contributed by atoms with Crippen molar-refractivity contribution in [1.82, 2.24) is 15.1 Å². The molecule has 0 radical (unpaired) electrons. The molecule has 0 spiro atoms. The molecule has 2 fully saturated rings. The fourth-order valence-corrected chi connectivity index (χ4v) is 2.82. The number of piperazine rings is 1. The van der Waals surface area contributed by atoms with E-state index in [9.17, 15) is 9.59 Å². The van der Waals surface area contributed by atoms with Crippen molar-refractivity contribution in [2.75, 3.05) is 46.4 Å². The highest BCUT2D eigenvalue weighted by atomic mass is 16.5. The van der Waals surface area contributed by atoms with Gasteiger partial charge in [0.2, 0.25) is 11.8 Å². The summed E-state index contributed by atoms with van der Waals surface area (Å²) >= 11 is 0. The number of ether oxygens (including phenoxy) is 1. The number of likely N-dealkylation sites (N-methyl/N-ethyl adjacent to an activating group) is 1. The lowest BCUT2D eigenvalue weighted by Crippen LogP contribution is -2.49. The number of carbonyl (C=O) groups is 2. The van der Waals surface area contributed by atoms with Gasteiger partial charge in [0.1, 0.15) is 0 Å². The van der Waals surface area contributed by atoms with Crippen LogP contribution in [0.25, 0.3) is 0 Å². The van der Waals surface area contributed by atoms with Crippen molar-refractivity contribution in [1.29, 1.82) is 0 Å². The average Bonchev–Trinajstić information content (AvgIpc) is 2.54. The molecule has 2 aliphatic rings. The fraction of sp³-hybridized carbons (Fsp3) is 0.867. The molecule has 1 N–H and O–H groups in total. The Kier molecular flexibility index (Phi) is 6.45. The molecule has 0 aromatic heterocycles. The largest absolute Gasteiger partial charge is 0.378 e. The number of rotatable bonds is 5. The summed E-state index contributed by atoms with van der Waals surface area (Å²) in [5.74, 6) is 0.0777. The summed E-state index contributed by atoms with van der Waals surface area (Å²) < 4.78 is 5.63. The van der Waals surface area contributed by atoms with E-state index in [0.29, 0.717) is 6.42 Å². The predicted octanol–water partition coefficient (Wildman–Crippen LogP) is 0.226. The Labute approximate surface area is 126 Å². The van der Waals surface area contributed by atoms with Crippen LogP contribution in [-0.2, 0) is 14.3 Å². The van der Waals surface area contributed by atoms with E-state index in [4.69, 9.17) is 4.74 Å². The van der Waals surface area contributed by atoms with E-state index in [1.54, 1.807) is 11.9 Å². The molecular weight excluding hydrogens is 270 g/mol. The summed E-state index contributed by atoms with van der Waals surface area (Å²) in [5, 5.41) is 3.21. The number of nitrogens with one attached hydrogen (secondary N) is 1. The molecule has 6 heteroatoms. The zero-order valence-electron chi connectivity index (χ0n) is 13.0. The van der Waals surface area contributed by atoms with Crippen molar-refractivity contribution in [3.8, 4) is 0 Å². The number of carbonyl (C=O) groups excluding carboxylic acids is 2. The fourth-order valence-electron chi connectivity index (χ4n) is 2.82. The van der Waals surface area contributed by atoms with E-state index < -0.39 is 0 Å². The van der Waals surface area contributed by atoms with Crippen LogP contribution in [0.2, 0.25) is 0 Å². The monoisotopic (exact) mass is 297 g/mol. The van der Waals surface area contributed by atoms with Gasteiger partial charge in [0.25, 0.3) is 0 Å². The van der Waals surface area contributed by atoms with Gasteiger partial charge in [-0.3, -0.25) is 9.59 Å². The average molecular weight is 297 g/mol. The van der Waals surface area contributed by atoms with Crippen LogP contribution in [0, 0.1) is 0 Å². The topological polar surface area (TPSA) is 61.9 Å². The Morgan fingerprint density at radius 1 is 1.29 bits per heavy atom. The normalized spacial score (nSPS) is 22.9. The van der Waals surface area contributed by atoms with Crippen LogP contribution in [0.4, 0.5) is 0 Å². The van der Waals surface area contributed by atoms with Crippen LogP contribution in [0.15, 0.2) is 0 Å². The molecule has 2 heterocycles. The zero-order valence-corrected chi connectivity index (χ0v) is 13.0. The highest BCUT2D eigenvalue weighted by molar-refractivity contribution is 5.84. The van der Waals surface area contributed by atoms with Gasteiger partial charge in [-0.15, -0.1) is 0 Å². The molecule has 0 bridgehead atoms. The summed E-state index contributed by atoms with van der Waals surface area (Å²) in [4.78, 5) is 27.6. The molecule has 2 aliphatic heterocycles. The minimum Gasteiger partial charge on any atom is -0.378 e. The van der Waals surface area contributed by atoms with Crippen molar-refractivity contribution in [2.45, 2.75) is 38.2 Å². The van der Waals surface area contributed by atoms with Crippen molar-refractivity contribution >= 4 is 11.8 Å². The maximum absolute atomic E-state index is 12.1. The molecule has 2 saturated heterocycles. The van der Waals surface area contributed by atoms with E-state index in [0.717, 1.165) is 52.0 Å². The molecule has 120 valence electrons. The lowest BCUT2D eigenvalue weighted by Gasteiger charge is -2.29. The molecule has 0 aromatic rings. The first-order chi connectivity index (χ1) is 10.2. The summed E-state index contributed by atoms with van der Waals surface area (Å²) in [6.07, 6.45) is 4.83. The van der Waals surface area contributed by atoms with Gasteiger partial charge in [0.05, 0.1) is 12.6 Å². The van der Waals surface area contributed by atoms with Crippen molar-refractivity contribution < 1.29 is 14.3 Å². The van der Waals surface area contributed by atoms with Crippen LogP contribution in [0.1, 0.15) is 32.1 Å². The molecule has 0 aliphatic carbocycles. The molecule has 0 aromatic carbocycles. The van der Waals surface area contributed by atoms with Crippen molar-refractivity contribution in [3.05, 3.63) is 0 Å². The molecule has 2 rings (SSSR count). The number of hydrogen-bond donors (Lipinski definition) is 1. The maximum atomic E-state index is 12.1. The zero-order chi connectivity index (χ0) is 15.1. The lowest BCUT2D eigenvalue weighted by atomic mass is 10.0. The van der Waals surface area contributed by atoms with E-state index in [1.807, 2.05) is 4.90 Å². The second kappa shape index (κ2) is 8.34.